The van der Waals surface area contributed by atoms with E-state index in [0.29, 0.717) is 17.1 Å². The first-order chi connectivity index (χ1) is 12.8. The Balaban J connectivity index is 1.58. The standard InChI is InChI=1S/C21H24N2O3S/c1-14(2)21(24)23-11-10-17-12-18(7-9-20(17)23)22-27(25,26)19-8-6-15-4-3-5-16(15)13-19/h6-9,12-14,22H,3-5,10-11H2,1-2H3. The van der Waals surface area contributed by atoms with Gasteiger partial charge in [-0.2, -0.15) is 0 Å². The number of sulfonamides is 1. The number of nitrogens with zero attached hydrogens (tertiary/aromatic N) is 1. The summed E-state index contributed by atoms with van der Waals surface area (Å²) >= 11 is 0. The first kappa shape index (κ1) is 18.0. The molecule has 0 radical (unpaired) electrons. The number of amides is 1. The zero-order chi connectivity index (χ0) is 19.2. The number of carbonyl (C=O) groups excluding carboxylic acids is 1. The number of aryl methyl sites for hydroxylation is 2. The molecule has 2 aromatic rings. The van der Waals surface area contributed by atoms with Crippen molar-refractivity contribution in [3.8, 4) is 0 Å². The first-order valence-electron chi connectivity index (χ1n) is 9.44. The van der Waals surface area contributed by atoms with Gasteiger partial charge < -0.3 is 4.90 Å². The van der Waals surface area contributed by atoms with E-state index in [1.165, 1.54) is 5.56 Å². The van der Waals surface area contributed by atoms with E-state index in [1.54, 1.807) is 23.1 Å². The Morgan fingerprint density at radius 2 is 1.78 bits per heavy atom. The smallest absolute Gasteiger partial charge is 0.261 e. The Morgan fingerprint density at radius 1 is 1.00 bits per heavy atom. The Morgan fingerprint density at radius 3 is 2.56 bits per heavy atom. The van der Waals surface area contributed by atoms with E-state index in [4.69, 9.17) is 0 Å². The lowest BCUT2D eigenvalue weighted by Crippen LogP contribution is -2.32. The van der Waals surface area contributed by atoms with E-state index in [9.17, 15) is 13.2 Å². The van der Waals surface area contributed by atoms with Gasteiger partial charge >= 0.3 is 0 Å². The lowest BCUT2D eigenvalue weighted by molar-refractivity contribution is -0.121. The van der Waals surface area contributed by atoms with Gasteiger partial charge in [0.05, 0.1) is 4.90 Å². The lowest BCUT2D eigenvalue weighted by Gasteiger charge is -2.19. The predicted octanol–water partition coefficient (Wildman–Crippen LogP) is 3.52. The Labute approximate surface area is 160 Å². The molecule has 0 saturated heterocycles. The van der Waals surface area contributed by atoms with Gasteiger partial charge in [-0.1, -0.05) is 19.9 Å². The fraction of sp³-hybridized carbons (Fsp3) is 0.381. The van der Waals surface area contributed by atoms with E-state index >= 15 is 0 Å². The Bertz CT molecular complexity index is 1010. The molecule has 2 aromatic carbocycles. The van der Waals surface area contributed by atoms with Gasteiger partial charge in [-0.05, 0) is 72.7 Å². The number of carbonyl (C=O) groups is 1. The van der Waals surface area contributed by atoms with Crippen LogP contribution in [-0.2, 0) is 34.1 Å². The van der Waals surface area contributed by atoms with Gasteiger partial charge in [0.25, 0.3) is 10.0 Å². The van der Waals surface area contributed by atoms with Crippen LogP contribution in [0.3, 0.4) is 0 Å². The van der Waals surface area contributed by atoms with Gasteiger partial charge in [0, 0.05) is 23.8 Å². The topological polar surface area (TPSA) is 66.5 Å². The SMILES string of the molecule is CC(C)C(=O)N1CCc2cc(NS(=O)(=O)c3ccc4c(c3)CCC4)ccc21. The quantitative estimate of drug-likeness (QED) is 0.877. The van der Waals surface area contributed by atoms with Crippen molar-refractivity contribution in [2.75, 3.05) is 16.2 Å². The second-order valence-corrected chi connectivity index (χ2v) is 9.31. The minimum Gasteiger partial charge on any atom is -0.312 e. The monoisotopic (exact) mass is 384 g/mol. The molecule has 5 nitrogen and oxygen atoms in total. The van der Waals surface area contributed by atoms with Crippen molar-refractivity contribution >= 4 is 27.3 Å². The van der Waals surface area contributed by atoms with Gasteiger partial charge in [0.2, 0.25) is 5.91 Å². The second kappa shape index (κ2) is 6.68. The Hall–Kier alpha value is -2.34. The van der Waals surface area contributed by atoms with Crippen LogP contribution in [-0.4, -0.2) is 20.9 Å². The second-order valence-electron chi connectivity index (χ2n) is 7.63. The summed E-state index contributed by atoms with van der Waals surface area (Å²) in [6.45, 7) is 4.42. The molecule has 1 aliphatic carbocycles. The van der Waals surface area contributed by atoms with E-state index in [2.05, 4.69) is 4.72 Å². The fourth-order valence-corrected chi connectivity index (χ4v) is 5.03. The van der Waals surface area contributed by atoms with Crippen LogP contribution in [0.4, 0.5) is 11.4 Å². The maximum absolute atomic E-state index is 12.8. The third kappa shape index (κ3) is 3.34. The fourth-order valence-electron chi connectivity index (χ4n) is 3.94. The molecule has 0 unspecified atom stereocenters. The molecule has 0 atom stereocenters. The maximum atomic E-state index is 12.8. The molecule has 142 valence electrons. The van der Waals surface area contributed by atoms with E-state index in [1.807, 2.05) is 32.0 Å². The van der Waals surface area contributed by atoms with Crippen LogP contribution in [0.15, 0.2) is 41.3 Å². The molecule has 4 rings (SSSR count). The highest BCUT2D eigenvalue weighted by Crippen LogP contribution is 2.32. The molecular formula is C21H24N2O3S. The summed E-state index contributed by atoms with van der Waals surface area (Å²) in [5.41, 5.74) is 4.80. The van der Waals surface area contributed by atoms with Gasteiger partial charge in [0.15, 0.2) is 0 Å². The van der Waals surface area contributed by atoms with E-state index in [0.717, 1.165) is 42.5 Å². The highest BCUT2D eigenvalue weighted by atomic mass is 32.2. The highest BCUT2D eigenvalue weighted by Gasteiger charge is 2.27. The van der Waals surface area contributed by atoms with Crippen molar-refractivity contribution in [3.05, 3.63) is 53.1 Å². The molecule has 0 bridgehead atoms. The zero-order valence-electron chi connectivity index (χ0n) is 15.7. The molecule has 0 saturated carbocycles. The van der Waals surface area contributed by atoms with Crippen LogP contribution in [0.5, 0.6) is 0 Å². The van der Waals surface area contributed by atoms with Crippen molar-refractivity contribution in [2.45, 2.75) is 44.4 Å². The van der Waals surface area contributed by atoms with Crippen LogP contribution >= 0.6 is 0 Å². The number of benzene rings is 2. The number of rotatable bonds is 4. The number of fused-ring (bicyclic) bond motifs is 2. The Kier molecular flexibility index (Phi) is 4.46. The maximum Gasteiger partial charge on any atom is 0.261 e. The molecule has 1 aliphatic heterocycles. The number of hydrogen-bond donors (Lipinski definition) is 1. The third-order valence-corrected chi connectivity index (χ3v) is 6.75. The first-order valence-corrected chi connectivity index (χ1v) is 10.9. The van der Waals surface area contributed by atoms with Crippen molar-refractivity contribution in [1.29, 1.82) is 0 Å². The van der Waals surface area contributed by atoms with Crippen LogP contribution < -0.4 is 9.62 Å². The molecule has 2 aliphatic rings. The third-order valence-electron chi connectivity index (χ3n) is 5.37. The van der Waals surface area contributed by atoms with Crippen molar-refractivity contribution in [2.24, 2.45) is 5.92 Å². The van der Waals surface area contributed by atoms with E-state index in [-0.39, 0.29) is 11.8 Å². The molecule has 0 spiro atoms. The molecule has 0 fully saturated rings. The lowest BCUT2D eigenvalue weighted by atomic mass is 10.1. The molecule has 1 heterocycles. The van der Waals surface area contributed by atoms with Gasteiger partial charge in [-0.25, -0.2) is 8.42 Å². The minimum atomic E-state index is -3.63. The summed E-state index contributed by atoms with van der Waals surface area (Å²) in [4.78, 5) is 14.4. The molecular weight excluding hydrogens is 360 g/mol. The van der Waals surface area contributed by atoms with Gasteiger partial charge in [0.1, 0.15) is 0 Å². The van der Waals surface area contributed by atoms with Crippen molar-refractivity contribution in [3.63, 3.8) is 0 Å². The highest BCUT2D eigenvalue weighted by molar-refractivity contribution is 7.92. The molecule has 1 N–H and O–H groups in total. The van der Waals surface area contributed by atoms with Crippen molar-refractivity contribution < 1.29 is 13.2 Å². The molecule has 6 heteroatoms. The predicted molar refractivity (Wildman–Crippen MR) is 107 cm³/mol. The van der Waals surface area contributed by atoms with Gasteiger partial charge in [-0.15, -0.1) is 0 Å². The van der Waals surface area contributed by atoms with Gasteiger partial charge in [-0.3, -0.25) is 9.52 Å². The summed E-state index contributed by atoms with van der Waals surface area (Å²) in [5.74, 6) is 0.0363. The van der Waals surface area contributed by atoms with Crippen LogP contribution in [0.2, 0.25) is 0 Å². The summed E-state index contributed by atoms with van der Waals surface area (Å²) in [6, 6.07) is 10.8. The summed E-state index contributed by atoms with van der Waals surface area (Å²) < 4.78 is 28.3. The average Bonchev–Trinajstić information content (AvgIpc) is 3.26. The van der Waals surface area contributed by atoms with Crippen LogP contribution in [0, 0.1) is 5.92 Å². The van der Waals surface area contributed by atoms with Crippen molar-refractivity contribution in [1.82, 2.24) is 0 Å². The number of hydrogen-bond acceptors (Lipinski definition) is 3. The molecule has 27 heavy (non-hydrogen) atoms. The largest absolute Gasteiger partial charge is 0.312 e. The number of anilines is 2. The zero-order valence-corrected chi connectivity index (χ0v) is 16.5. The van der Waals surface area contributed by atoms with Crippen LogP contribution in [0.1, 0.15) is 37.0 Å². The average molecular weight is 385 g/mol. The summed E-state index contributed by atoms with van der Waals surface area (Å²) in [7, 11) is -3.63. The molecule has 1 amide bonds. The summed E-state index contributed by atoms with van der Waals surface area (Å²) in [6.07, 6.45) is 3.79. The normalized spacial score (nSPS) is 15.7. The molecule has 0 aromatic heterocycles. The number of nitrogens with one attached hydrogen (secondary N) is 1. The van der Waals surface area contributed by atoms with E-state index < -0.39 is 10.0 Å². The minimum absolute atomic E-state index is 0.0612. The summed E-state index contributed by atoms with van der Waals surface area (Å²) in [5, 5.41) is 0. The van der Waals surface area contributed by atoms with Crippen LogP contribution in [0.25, 0.3) is 0 Å².